The fraction of sp³-hybridized carbons (Fsp3) is 0.846. The van der Waals surface area contributed by atoms with Crippen molar-refractivity contribution < 1.29 is 4.79 Å². The molecule has 0 radical (unpaired) electrons. The number of likely N-dealkylation sites (N-methyl/N-ethyl adjacent to an activating group) is 2. The molecule has 110 valence electrons. The number of thiocarbonyl (C=S) groups is 1. The average Bonchev–Trinajstić information content (AvgIpc) is 2.29. The summed E-state index contributed by atoms with van der Waals surface area (Å²) >= 11 is 4.98. The molecular weight excluding hydrogens is 260 g/mol. The highest BCUT2D eigenvalue weighted by Crippen LogP contribution is 2.12. The second kappa shape index (κ2) is 7.17. The van der Waals surface area contributed by atoms with E-state index >= 15 is 0 Å². The Morgan fingerprint density at radius 3 is 2.58 bits per heavy atom. The van der Waals surface area contributed by atoms with Crippen molar-refractivity contribution in [1.29, 1.82) is 0 Å². The molecule has 1 saturated heterocycles. The Labute approximate surface area is 121 Å². The van der Waals surface area contributed by atoms with Gasteiger partial charge in [0, 0.05) is 32.2 Å². The molecule has 0 aromatic heterocycles. The largest absolute Gasteiger partial charge is 0.393 e. The van der Waals surface area contributed by atoms with E-state index in [1.165, 1.54) is 0 Å². The SMILES string of the molecule is CC(C)C(C(=O)NCC1CN(C)CCN1C)C(N)=S. The van der Waals surface area contributed by atoms with E-state index in [1.807, 2.05) is 13.8 Å². The maximum absolute atomic E-state index is 12.1. The van der Waals surface area contributed by atoms with Gasteiger partial charge in [-0.2, -0.15) is 0 Å². The lowest BCUT2D eigenvalue weighted by atomic mass is 9.95. The van der Waals surface area contributed by atoms with E-state index in [2.05, 4.69) is 29.2 Å². The van der Waals surface area contributed by atoms with Crippen LogP contribution in [0.2, 0.25) is 0 Å². The predicted molar refractivity (Wildman–Crippen MR) is 82.0 cm³/mol. The topological polar surface area (TPSA) is 61.6 Å². The van der Waals surface area contributed by atoms with E-state index in [0.29, 0.717) is 12.6 Å². The minimum absolute atomic E-state index is 0.0517. The molecular formula is C13H26N4OS. The van der Waals surface area contributed by atoms with Gasteiger partial charge in [-0.1, -0.05) is 26.1 Å². The Bertz CT molecular complexity index is 335. The van der Waals surface area contributed by atoms with Crippen molar-refractivity contribution in [2.24, 2.45) is 17.6 Å². The van der Waals surface area contributed by atoms with Crippen LogP contribution in [0.25, 0.3) is 0 Å². The van der Waals surface area contributed by atoms with E-state index in [0.717, 1.165) is 19.6 Å². The molecule has 1 fully saturated rings. The first-order chi connectivity index (χ1) is 8.82. The van der Waals surface area contributed by atoms with Crippen LogP contribution in [0.1, 0.15) is 13.8 Å². The second-order valence-corrected chi connectivity index (χ2v) is 6.24. The van der Waals surface area contributed by atoms with Gasteiger partial charge in [0.1, 0.15) is 0 Å². The minimum Gasteiger partial charge on any atom is -0.393 e. The summed E-state index contributed by atoms with van der Waals surface area (Å²) in [5.41, 5.74) is 5.65. The fourth-order valence-electron chi connectivity index (χ4n) is 2.41. The van der Waals surface area contributed by atoms with E-state index in [4.69, 9.17) is 18.0 Å². The second-order valence-electron chi connectivity index (χ2n) is 5.77. The molecule has 0 bridgehead atoms. The molecule has 0 spiro atoms. The van der Waals surface area contributed by atoms with Crippen molar-refractivity contribution in [3.05, 3.63) is 0 Å². The van der Waals surface area contributed by atoms with Gasteiger partial charge in [0.2, 0.25) is 5.91 Å². The van der Waals surface area contributed by atoms with Gasteiger partial charge in [0.25, 0.3) is 0 Å². The predicted octanol–water partition coefficient (Wildman–Crippen LogP) is -0.0933. The summed E-state index contributed by atoms with van der Waals surface area (Å²) in [5, 5.41) is 2.99. The Balaban J connectivity index is 2.50. The molecule has 0 aromatic rings. The van der Waals surface area contributed by atoms with Crippen molar-refractivity contribution in [3.63, 3.8) is 0 Å². The van der Waals surface area contributed by atoms with Gasteiger partial charge in [-0.25, -0.2) is 0 Å². The van der Waals surface area contributed by atoms with Crippen LogP contribution in [0.4, 0.5) is 0 Å². The number of carbonyl (C=O) groups excluding carboxylic acids is 1. The number of piperazine rings is 1. The third kappa shape index (κ3) is 4.71. The maximum Gasteiger partial charge on any atom is 0.230 e. The zero-order valence-electron chi connectivity index (χ0n) is 12.3. The molecule has 1 aliphatic heterocycles. The number of nitrogens with one attached hydrogen (secondary N) is 1. The quantitative estimate of drug-likeness (QED) is 0.692. The van der Waals surface area contributed by atoms with Crippen LogP contribution in [-0.2, 0) is 4.79 Å². The molecule has 2 atom stereocenters. The van der Waals surface area contributed by atoms with Crippen molar-refractivity contribution in [1.82, 2.24) is 15.1 Å². The molecule has 0 aliphatic carbocycles. The van der Waals surface area contributed by atoms with Gasteiger partial charge < -0.3 is 16.0 Å². The van der Waals surface area contributed by atoms with Crippen molar-refractivity contribution >= 4 is 23.1 Å². The fourth-order valence-corrected chi connectivity index (χ4v) is 2.79. The lowest BCUT2D eigenvalue weighted by Crippen LogP contribution is -2.55. The molecule has 3 N–H and O–H groups in total. The van der Waals surface area contributed by atoms with Crippen LogP contribution in [-0.4, -0.2) is 67.0 Å². The molecule has 1 heterocycles. The highest BCUT2D eigenvalue weighted by molar-refractivity contribution is 7.80. The average molecular weight is 286 g/mol. The summed E-state index contributed by atoms with van der Waals surface area (Å²) in [5.74, 6) is -0.296. The van der Waals surface area contributed by atoms with Gasteiger partial charge >= 0.3 is 0 Å². The van der Waals surface area contributed by atoms with Gasteiger partial charge in [0.05, 0.1) is 10.9 Å². The summed E-state index contributed by atoms with van der Waals surface area (Å²) < 4.78 is 0. The van der Waals surface area contributed by atoms with Crippen molar-refractivity contribution in [3.8, 4) is 0 Å². The number of nitrogens with two attached hydrogens (primary N) is 1. The minimum atomic E-state index is -0.373. The number of amides is 1. The molecule has 1 amide bonds. The van der Waals surface area contributed by atoms with Gasteiger partial charge in [-0.05, 0) is 20.0 Å². The number of nitrogens with zero attached hydrogens (tertiary/aromatic N) is 2. The smallest absolute Gasteiger partial charge is 0.230 e. The molecule has 5 nitrogen and oxygen atoms in total. The molecule has 6 heteroatoms. The van der Waals surface area contributed by atoms with Crippen LogP contribution in [0.3, 0.4) is 0 Å². The summed E-state index contributed by atoms with van der Waals surface area (Å²) in [7, 11) is 4.20. The third-order valence-electron chi connectivity index (χ3n) is 3.75. The molecule has 1 aliphatic rings. The molecule has 0 saturated carbocycles. The van der Waals surface area contributed by atoms with Gasteiger partial charge in [-0.15, -0.1) is 0 Å². The van der Waals surface area contributed by atoms with Crippen LogP contribution in [0.5, 0.6) is 0 Å². The van der Waals surface area contributed by atoms with Gasteiger partial charge in [0.15, 0.2) is 0 Å². The van der Waals surface area contributed by atoms with Crippen LogP contribution in [0.15, 0.2) is 0 Å². The monoisotopic (exact) mass is 286 g/mol. The molecule has 1 rings (SSSR count). The summed E-state index contributed by atoms with van der Waals surface area (Å²) in [6, 6.07) is 0.349. The van der Waals surface area contributed by atoms with Crippen molar-refractivity contribution in [2.75, 3.05) is 40.3 Å². The van der Waals surface area contributed by atoms with Crippen molar-refractivity contribution in [2.45, 2.75) is 19.9 Å². The standard InChI is InChI=1S/C13H26N4OS/c1-9(2)11(12(14)19)13(18)15-7-10-8-16(3)5-6-17(10)4/h9-11H,5-8H2,1-4H3,(H2,14,19)(H,15,18). The highest BCUT2D eigenvalue weighted by atomic mass is 32.1. The zero-order chi connectivity index (χ0) is 14.6. The normalized spacial score (nSPS) is 23.3. The van der Waals surface area contributed by atoms with E-state index in [9.17, 15) is 4.79 Å². The molecule has 2 unspecified atom stereocenters. The first-order valence-electron chi connectivity index (χ1n) is 6.78. The Kier molecular flexibility index (Phi) is 6.16. The Morgan fingerprint density at radius 2 is 2.05 bits per heavy atom. The van der Waals surface area contributed by atoms with Crippen LogP contribution < -0.4 is 11.1 Å². The van der Waals surface area contributed by atoms with Gasteiger partial charge in [-0.3, -0.25) is 9.69 Å². The highest BCUT2D eigenvalue weighted by Gasteiger charge is 2.27. The zero-order valence-corrected chi connectivity index (χ0v) is 13.2. The Morgan fingerprint density at radius 1 is 1.42 bits per heavy atom. The Hall–Kier alpha value is -0.720. The maximum atomic E-state index is 12.1. The summed E-state index contributed by atoms with van der Waals surface area (Å²) in [6.45, 7) is 7.64. The van der Waals surface area contributed by atoms with E-state index in [-0.39, 0.29) is 22.7 Å². The lowest BCUT2D eigenvalue weighted by molar-refractivity contribution is -0.124. The first kappa shape index (κ1) is 16.3. The summed E-state index contributed by atoms with van der Waals surface area (Å²) in [4.78, 5) is 17.0. The van der Waals surface area contributed by atoms with Crippen LogP contribution >= 0.6 is 12.2 Å². The number of hydrogen-bond acceptors (Lipinski definition) is 4. The van der Waals surface area contributed by atoms with Crippen LogP contribution in [0, 0.1) is 11.8 Å². The number of hydrogen-bond donors (Lipinski definition) is 2. The number of rotatable bonds is 5. The molecule has 0 aromatic carbocycles. The summed E-state index contributed by atoms with van der Waals surface area (Å²) in [6.07, 6.45) is 0. The molecule has 19 heavy (non-hydrogen) atoms. The van der Waals surface area contributed by atoms with E-state index < -0.39 is 0 Å². The lowest BCUT2D eigenvalue weighted by Gasteiger charge is -2.38. The first-order valence-corrected chi connectivity index (χ1v) is 7.19. The third-order valence-corrected chi connectivity index (χ3v) is 4.00. The van der Waals surface area contributed by atoms with E-state index in [1.54, 1.807) is 0 Å². The number of carbonyl (C=O) groups is 1.